The van der Waals surface area contributed by atoms with Crippen molar-refractivity contribution in [3.63, 3.8) is 0 Å². The van der Waals surface area contributed by atoms with Gasteiger partial charge in [-0.15, -0.1) is 0 Å². The summed E-state index contributed by atoms with van der Waals surface area (Å²) in [5.41, 5.74) is 1.36. The summed E-state index contributed by atoms with van der Waals surface area (Å²) in [6, 6.07) is 11.4. The normalized spacial score (nSPS) is 9.71. The lowest BCUT2D eigenvalue weighted by atomic mass is 10.3. The fourth-order valence-electron chi connectivity index (χ4n) is 1.12. The highest BCUT2D eigenvalue weighted by atomic mass is 79.9. The van der Waals surface area contributed by atoms with Crippen LogP contribution < -0.4 is 0 Å². The number of rotatable bonds is 1. The average Bonchev–Trinajstić information content (AvgIpc) is 2.67. The smallest absolute Gasteiger partial charge is 0.162 e. The second kappa shape index (κ2) is 3.64. The second-order valence-electron chi connectivity index (χ2n) is 2.73. The van der Waals surface area contributed by atoms with Gasteiger partial charge in [0.1, 0.15) is 6.07 Å². The topological polar surface area (TPSA) is 41.6 Å². The molecule has 0 radical (unpaired) electrons. The van der Waals surface area contributed by atoms with Crippen LogP contribution in [0.5, 0.6) is 0 Å². The summed E-state index contributed by atoms with van der Waals surface area (Å²) < 4.78 is 2.69. The summed E-state index contributed by atoms with van der Waals surface area (Å²) in [6.07, 6.45) is 1.77. The van der Waals surface area contributed by atoms with E-state index in [0.717, 1.165) is 10.2 Å². The minimum atomic E-state index is 0.424. The SMILES string of the molecule is N#Cc1ccn(-c2ccc(Br)cc2)n1. The van der Waals surface area contributed by atoms with Crippen molar-refractivity contribution < 1.29 is 0 Å². The van der Waals surface area contributed by atoms with E-state index in [2.05, 4.69) is 21.0 Å². The largest absolute Gasteiger partial charge is 0.240 e. The Hall–Kier alpha value is -1.60. The summed E-state index contributed by atoms with van der Waals surface area (Å²) in [7, 11) is 0. The standard InChI is InChI=1S/C10H6BrN3/c11-8-1-3-10(4-2-8)14-6-5-9(7-12)13-14/h1-6H. The third kappa shape index (κ3) is 1.68. The number of aromatic nitrogens is 2. The Bertz CT molecular complexity index is 479. The number of nitrogens with zero attached hydrogens (tertiary/aromatic N) is 3. The number of halogens is 1. The van der Waals surface area contributed by atoms with Crippen LogP contribution in [-0.4, -0.2) is 9.78 Å². The molecule has 0 amide bonds. The molecule has 0 unspecified atom stereocenters. The zero-order valence-corrected chi connectivity index (χ0v) is 8.77. The molecule has 0 N–H and O–H groups in total. The van der Waals surface area contributed by atoms with Gasteiger partial charge in [0, 0.05) is 10.7 Å². The Morgan fingerprint density at radius 1 is 1.21 bits per heavy atom. The van der Waals surface area contributed by atoms with Gasteiger partial charge in [-0.3, -0.25) is 0 Å². The van der Waals surface area contributed by atoms with E-state index in [1.807, 2.05) is 30.3 Å². The summed E-state index contributed by atoms with van der Waals surface area (Å²) in [6.45, 7) is 0. The maximum absolute atomic E-state index is 8.61. The molecular formula is C10H6BrN3. The average molecular weight is 248 g/mol. The van der Waals surface area contributed by atoms with Crippen molar-refractivity contribution in [3.8, 4) is 11.8 Å². The summed E-state index contributed by atoms with van der Waals surface area (Å²) in [5.74, 6) is 0. The van der Waals surface area contributed by atoms with E-state index in [4.69, 9.17) is 5.26 Å². The van der Waals surface area contributed by atoms with Crippen molar-refractivity contribution in [1.29, 1.82) is 5.26 Å². The van der Waals surface area contributed by atoms with Crippen LogP contribution in [0.3, 0.4) is 0 Å². The van der Waals surface area contributed by atoms with Gasteiger partial charge in [-0.1, -0.05) is 15.9 Å². The number of hydrogen-bond acceptors (Lipinski definition) is 2. The quantitative estimate of drug-likeness (QED) is 0.777. The molecule has 0 aliphatic heterocycles. The maximum Gasteiger partial charge on any atom is 0.162 e. The molecule has 0 aliphatic carbocycles. The number of benzene rings is 1. The van der Waals surface area contributed by atoms with Crippen LogP contribution in [0.15, 0.2) is 41.0 Å². The van der Waals surface area contributed by atoms with Crippen LogP contribution in [0.1, 0.15) is 5.69 Å². The first-order valence-corrected chi connectivity index (χ1v) is 4.80. The van der Waals surface area contributed by atoms with Gasteiger partial charge in [0.15, 0.2) is 5.69 Å². The van der Waals surface area contributed by atoms with Crippen molar-refractivity contribution in [2.45, 2.75) is 0 Å². The second-order valence-corrected chi connectivity index (χ2v) is 3.65. The molecule has 2 aromatic rings. The van der Waals surface area contributed by atoms with Gasteiger partial charge < -0.3 is 0 Å². The Balaban J connectivity index is 2.40. The highest BCUT2D eigenvalue weighted by molar-refractivity contribution is 9.10. The minimum Gasteiger partial charge on any atom is -0.240 e. The summed E-state index contributed by atoms with van der Waals surface area (Å²) in [4.78, 5) is 0. The molecule has 2 rings (SSSR count). The zero-order chi connectivity index (χ0) is 9.97. The lowest BCUT2D eigenvalue weighted by molar-refractivity contribution is 0.873. The Kier molecular flexibility index (Phi) is 2.33. The molecule has 0 aliphatic rings. The van der Waals surface area contributed by atoms with Crippen molar-refractivity contribution in [1.82, 2.24) is 9.78 Å². The van der Waals surface area contributed by atoms with E-state index in [-0.39, 0.29) is 0 Å². The van der Waals surface area contributed by atoms with Crippen LogP contribution in [0, 0.1) is 11.3 Å². The minimum absolute atomic E-state index is 0.424. The molecule has 0 fully saturated rings. The van der Waals surface area contributed by atoms with Gasteiger partial charge in [0.25, 0.3) is 0 Å². The van der Waals surface area contributed by atoms with Gasteiger partial charge in [0.2, 0.25) is 0 Å². The van der Waals surface area contributed by atoms with Crippen molar-refractivity contribution in [3.05, 3.63) is 46.7 Å². The van der Waals surface area contributed by atoms with Crippen LogP contribution in [0.2, 0.25) is 0 Å². The summed E-state index contributed by atoms with van der Waals surface area (Å²) in [5, 5.41) is 12.7. The zero-order valence-electron chi connectivity index (χ0n) is 7.18. The molecule has 4 heteroatoms. The first-order chi connectivity index (χ1) is 6.79. The van der Waals surface area contributed by atoms with Gasteiger partial charge >= 0.3 is 0 Å². The maximum atomic E-state index is 8.61. The van der Waals surface area contributed by atoms with E-state index in [1.54, 1.807) is 16.9 Å². The van der Waals surface area contributed by atoms with Crippen molar-refractivity contribution in [2.75, 3.05) is 0 Å². The highest BCUT2D eigenvalue weighted by Gasteiger charge is 1.99. The van der Waals surface area contributed by atoms with E-state index in [1.165, 1.54) is 0 Å². The molecular weight excluding hydrogens is 242 g/mol. The fraction of sp³-hybridized carbons (Fsp3) is 0. The van der Waals surface area contributed by atoms with E-state index >= 15 is 0 Å². The Labute approximate surface area is 89.7 Å². The molecule has 68 valence electrons. The molecule has 0 spiro atoms. The molecule has 14 heavy (non-hydrogen) atoms. The van der Waals surface area contributed by atoms with Crippen LogP contribution >= 0.6 is 15.9 Å². The molecule has 0 bridgehead atoms. The number of nitriles is 1. The molecule has 1 heterocycles. The first kappa shape index (κ1) is 8.97. The van der Waals surface area contributed by atoms with Crippen LogP contribution in [0.4, 0.5) is 0 Å². The lowest BCUT2D eigenvalue weighted by Crippen LogP contribution is -1.94. The third-order valence-electron chi connectivity index (χ3n) is 1.79. The van der Waals surface area contributed by atoms with E-state index in [9.17, 15) is 0 Å². The highest BCUT2D eigenvalue weighted by Crippen LogP contribution is 2.13. The van der Waals surface area contributed by atoms with Gasteiger partial charge in [-0.05, 0) is 30.3 Å². The first-order valence-electron chi connectivity index (χ1n) is 4.01. The van der Waals surface area contributed by atoms with E-state index in [0.29, 0.717) is 5.69 Å². The Morgan fingerprint density at radius 3 is 2.50 bits per heavy atom. The number of hydrogen-bond donors (Lipinski definition) is 0. The van der Waals surface area contributed by atoms with Gasteiger partial charge in [0.05, 0.1) is 5.69 Å². The van der Waals surface area contributed by atoms with E-state index < -0.39 is 0 Å². The monoisotopic (exact) mass is 247 g/mol. The molecule has 0 atom stereocenters. The van der Waals surface area contributed by atoms with Crippen molar-refractivity contribution >= 4 is 15.9 Å². The molecule has 3 nitrogen and oxygen atoms in total. The van der Waals surface area contributed by atoms with Crippen LogP contribution in [0.25, 0.3) is 5.69 Å². The van der Waals surface area contributed by atoms with Gasteiger partial charge in [-0.25, -0.2) is 4.68 Å². The molecule has 0 saturated heterocycles. The Morgan fingerprint density at radius 2 is 1.93 bits per heavy atom. The fourth-order valence-corrected chi connectivity index (χ4v) is 1.39. The predicted molar refractivity (Wildman–Crippen MR) is 56.0 cm³/mol. The summed E-state index contributed by atoms with van der Waals surface area (Å²) >= 11 is 3.35. The molecule has 0 saturated carbocycles. The van der Waals surface area contributed by atoms with Gasteiger partial charge in [-0.2, -0.15) is 10.4 Å². The predicted octanol–water partition coefficient (Wildman–Crippen LogP) is 2.51. The third-order valence-corrected chi connectivity index (χ3v) is 2.32. The van der Waals surface area contributed by atoms with Crippen molar-refractivity contribution in [2.24, 2.45) is 0 Å². The molecule has 1 aromatic heterocycles. The molecule has 1 aromatic carbocycles. The van der Waals surface area contributed by atoms with Crippen LogP contribution in [-0.2, 0) is 0 Å². The lowest BCUT2D eigenvalue weighted by Gasteiger charge is -1.99.